The Morgan fingerprint density at radius 2 is 2.15 bits per heavy atom. The number of thiazole rings is 1. The van der Waals surface area contributed by atoms with Gasteiger partial charge in [-0.25, -0.2) is 9.37 Å². The van der Waals surface area contributed by atoms with Crippen molar-refractivity contribution in [3.63, 3.8) is 0 Å². The van der Waals surface area contributed by atoms with Crippen molar-refractivity contribution in [3.8, 4) is 5.88 Å². The zero-order chi connectivity index (χ0) is 18.1. The van der Waals surface area contributed by atoms with Crippen molar-refractivity contribution in [3.05, 3.63) is 48.3 Å². The molecule has 3 N–H and O–H groups in total. The summed E-state index contributed by atoms with van der Waals surface area (Å²) in [5, 5.41) is 21.0. The van der Waals surface area contributed by atoms with E-state index < -0.39 is 11.7 Å². The Hall–Kier alpha value is -3.33. The van der Waals surface area contributed by atoms with E-state index in [0.717, 1.165) is 10.2 Å². The normalized spacial score (nSPS) is 11.6. The van der Waals surface area contributed by atoms with E-state index in [1.54, 1.807) is 0 Å². The summed E-state index contributed by atoms with van der Waals surface area (Å²) in [5.41, 5.74) is 1.37. The molecule has 2 aromatic heterocycles. The van der Waals surface area contributed by atoms with Crippen LogP contribution in [0.1, 0.15) is 0 Å². The SMILES string of the molecule is O=C(CNc1nc2ccccc2s1)N=Nc1c(O)[nH]c2ccc(F)cc12. The lowest BCUT2D eigenvalue weighted by Gasteiger charge is -1.97. The van der Waals surface area contributed by atoms with Crippen LogP contribution in [0.15, 0.2) is 52.7 Å². The molecular formula is C17H12FN5O2S. The number of amides is 1. The Morgan fingerprint density at radius 1 is 1.31 bits per heavy atom. The molecule has 130 valence electrons. The second-order valence-corrected chi connectivity index (χ2v) is 6.48. The number of azo groups is 1. The van der Waals surface area contributed by atoms with Gasteiger partial charge in [-0.05, 0) is 30.3 Å². The molecule has 0 aliphatic heterocycles. The number of halogens is 1. The average Bonchev–Trinajstić information content (AvgIpc) is 3.18. The molecule has 4 rings (SSSR count). The number of aromatic nitrogens is 2. The van der Waals surface area contributed by atoms with E-state index in [1.165, 1.54) is 29.5 Å². The molecule has 0 bridgehead atoms. The highest BCUT2D eigenvalue weighted by molar-refractivity contribution is 7.22. The molecule has 0 aliphatic carbocycles. The Labute approximate surface area is 150 Å². The van der Waals surface area contributed by atoms with Crippen LogP contribution in [0.4, 0.5) is 15.2 Å². The van der Waals surface area contributed by atoms with Gasteiger partial charge in [0.1, 0.15) is 12.4 Å². The standard InChI is InChI=1S/C17H12FN5O2S/c18-9-5-6-11-10(7-9)15(16(25)20-11)23-22-14(24)8-19-17-21-12-3-1-2-4-13(12)26-17/h1-7,20,25H,8H2,(H,19,21). The van der Waals surface area contributed by atoms with E-state index in [2.05, 4.69) is 25.5 Å². The lowest BCUT2D eigenvalue weighted by atomic mass is 10.2. The van der Waals surface area contributed by atoms with Gasteiger partial charge in [0.25, 0.3) is 5.91 Å². The molecule has 0 spiro atoms. The van der Waals surface area contributed by atoms with Gasteiger partial charge in [0.2, 0.25) is 5.88 Å². The number of nitrogens with zero attached hydrogens (tertiary/aromatic N) is 3. The summed E-state index contributed by atoms with van der Waals surface area (Å²) in [5.74, 6) is -1.30. The molecule has 0 atom stereocenters. The zero-order valence-electron chi connectivity index (χ0n) is 13.2. The second-order valence-electron chi connectivity index (χ2n) is 5.45. The Morgan fingerprint density at radius 3 is 3.00 bits per heavy atom. The summed E-state index contributed by atoms with van der Waals surface area (Å²) in [6.45, 7) is -0.0964. The van der Waals surface area contributed by atoms with E-state index in [0.29, 0.717) is 16.0 Å². The fourth-order valence-corrected chi connectivity index (χ4v) is 3.34. The molecule has 4 aromatic rings. The number of nitrogens with one attached hydrogen (secondary N) is 2. The third-order valence-electron chi connectivity index (χ3n) is 3.66. The molecule has 26 heavy (non-hydrogen) atoms. The van der Waals surface area contributed by atoms with Gasteiger partial charge in [-0.15, -0.1) is 10.2 Å². The molecule has 2 heterocycles. The van der Waals surface area contributed by atoms with E-state index in [-0.39, 0.29) is 18.1 Å². The number of aromatic amines is 1. The van der Waals surface area contributed by atoms with Gasteiger partial charge in [-0.1, -0.05) is 23.5 Å². The lowest BCUT2D eigenvalue weighted by Crippen LogP contribution is -2.10. The number of rotatable bonds is 4. The maximum atomic E-state index is 13.4. The van der Waals surface area contributed by atoms with Crippen molar-refractivity contribution in [1.29, 1.82) is 0 Å². The number of hydrogen-bond donors (Lipinski definition) is 3. The predicted molar refractivity (Wildman–Crippen MR) is 97.6 cm³/mol. The number of carbonyl (C=O) groups is 1. The first kappa shape index (κ1) is 16.2. The molecule has 1 amide bonds. The van der Waals surface area contributed by atoms with E-state index in [9.17, 15) is 14.3 Å². The summed E-state index contributed by atoms with van der Waals surface area (Å²) < 4.78 is 14.4. The van der Waals surface area contributed by atoms with Gasteiger partial charge in [-0.2, -0.15) is 0 Å². The molecule has 0 fully saturated rings. The van der Waals surface area contributed by atoms with Crippen LogP contribution in [0.5, 0.6) is 5.88 Å². The van der Waals surface area contributed by atoms with Crippen molar-refractivity contribution in [2.45, 2.75) is 0 Å². The summed E-state index contributed by atoms with van der Waals surface area (Å²) in [7, 11) is 0. The van der Waals surface area contributed by atoms with Gasteiger partial charge in [0.15, 0.2) is 10.8 Å². The molecule has 0 radical (unpaired) electrons. The van der Waals surface area contributed by atoms with E-state index in [4.69, 9.17) is 0 Å². The van der Waals surface area contributed by atoms with Crippen LogP contribution < -0.4 is 5.32 Å². The van der Waals surface area contributed by atoms with Crippen molar-refractivity contribution < 1.29 is 14.3 Å². The van der Waals surface area contributed by atoms with Gasteiger partial charge in [0.05, 0.1) is 15.7 Å². The van der Waals surface area contributed by atoms with Crippen LogP contribution in [0.25, 0.3) is 21.1 Å². The highest BCUT2D eigenvalue weighted by Gasteiger charge is 2.12. The maximum Gasteiger partial charge on any atom is 0.283 e. The third kappa shape index (κ3) is 3.11. The van der Waals surface area contributed by atoms with Crippen LogP contribution in [0, 0.1) is 5.82 Å². The molecule has 2 aromatic carbocycles. The minimum atomic E-state index is -0.547. The Bertz CT molecular complexity index is 1120. The summed E-state index contributed by atoms with van der Waals surface area (Å²) in [4.78, 5) is 18.9. The van der Waals surface area contributed by atoms with Crippen LogP contribution in [-0.2, 0) is 4.79 Å². The van der Waals surface area contributed by atoms with Crippen LogP contribution in [-0.4, -0.2) is 27.5 Å². The van der Waals surface area contributed by atoms with Crippen LogP contribution in [0.3, 0.4) is 0 Å². The molecule has 0 saturated carbocycles. The van der Waals surface area contributed by atoms with Gasteiger partial charge >= 0.3 is 0 Å². The van der Waals surface area contributed by atoms with Gasteiger partial charge in [0, 0.05) is 5.39 Å². The second kappa shape index (κ2) is 6.52. The Kier molecular flexibility index (Phi) is 4.05. The number of benzene rings is 2. The number of hydrogen-bond acceptors (Lipinski definition) is 6. The molecular weight excluding hydrogens is 357 g/mol. The summed E-state index contributed by atoms with van der Waals surface area (Å²) >= 11 is 1.43. The number of aromatic hydroxyl groups is 1. The zero-order valence-corrected chi connectivity index (χ0v) is 14.0. The fraction of sp³-hybridized carbons (Fsp3) is 0.0588. The Balaban J connectivity index is 1.47. The minimum Gasteiger partial charge on any atom is -0.493 e. The predicted octanol–water partition coefficient (Wildman–Crippen LogP) is 4.34. The van der Waals surface area contributed by atoms with Crippen molar-refractivity contribution in [2.75, 3.05) is 11.9 Å². The summed E-state index contributed by atoms with van der Waals surface area (Å²) in [6.07, 6.45) is 0. The molecule has 0 saturated heterocycles. The van der Waals surface area contributed by atoms with Crippen molar-refractivity contribution in [2.24, 2.45) is 10.2 Å². The van der Waals surface area contributed by atoms with E-state index in [1.807, 2.05) is 24.3 Å². The largest absolute Gasteiger partial charge is 0.493 e. The topological polar surface area (TPSA) is 103 Å². The monoisotopic (exact) mass is 369 g/mol. The first-order valence-corrected chi connectivity index (χ1v) is 8.46. The smallest absolute Gasteiger partial charge is 0.283 e. The third-order valence-corrected chi connectivity index (χ3v) is 4.65. The molecule has 9 heteroatoms. The fourth-order valence-electron chi connectivity index (χ4n) is 2.48. The molecule has 0 aliphatic rings. The number of para-hydroxylation sites is 1. The van der Waals surface area contributed by atoms with E-state index >= 15 is 0 Å². The number of anilines is 1. The maximum absolute atomic E-state index is 13.4. The van der Waals surface area contributed by atoms with Crippen LogP contribution >= 0.6 is 11.3 Å². The van der Waals surface area contributed by atoms with Gasteiger partial charge in [-0.3, -0.25) is 4.79 Å². The van der Waals surface area contributed by atoms with Crippen LogP contribution in [0.2, 0.25) is 0 Å². The summed E-state index contributed by atoms with van der Waals surface area (Å²) in [6, 6.07) is 11.6. The number of fused-ring (bicyclic) bond motifs is 2. The first-order valence-electron chi connectivity index (χ1n) is 7.64. The lowest BCUT2D eigenvalue weighted by molar-refractivity contribution is -0.116. The minimum absolute atomic E-state index is 0.0211. The van der Waals surface area contributed by atoms with Crippen molar-refractivity contribution in [1.82, 2.24) is 9.97 Å². The average molecular weight is 369 g/mol. The first-order chi connectivity index (χ1) is 12.6. The highest BCUT2D eigenvalue weighted by Crippen LogP contribution is 2.35. The molecule has 7 nitrogen and oxygen atoms in total. The quantitative estimate of drug-likeness (QED) is 0.465. The number of carbonyl (C=O) groups excluding carboxylic acids is 1. The molecule has 0 unspecified atom stereocenters. The highest BCUT2D eigenvalue weighted by atomic mass is 32.1. The van der Waals surface area contributed by atoms with Gasteiger partial charge < -0.3 is 15.4 Å². The van der Waals surface area contributed by atoms with Crippen molar-refractivity contribution >= 4 is 49.2 Å². The number of H-pyrrole nitrogens is 1.